The van der Waals surface area contributed by atoms with Gasteiger partial charge in [-0.15, -0.1) is 0 Å². The summed E-state index contributed by atoms with van der Waals surface area (Å²) in [5.74, 6) is 1.15. The van der Waals surface area contributed by atoms with Crippen LogP contribution in [-0.4, -0.2) is 47.2 Å². The Kier molecular flexibility index (Phi) is 5.83. The normalized spacial score (nSPS) is 19.5. The molecule has 138 valence electrons. The van der Waals surface area contributed by atoms with Crippen LogP contribution in [0.25, 0.3) is 0 Å². The lowest BCUT2D eigenvalue weighted by Gasteiger charge is -2.29. The van der Waals surface area contributed by atoms with Gasteiger partial charge in [0.05, 0.1) is 19.8 Å². The van der Waals surface area contributed by atoms with Crippen LogP contribution in [0.4, 0.5) is 0 Å². The van der Waals surface area contributed by atoms with Crippen LogP contribution in [0, 0.1) is 0 Å². The van der Waals surface area contributed by atoms with Crippen molar-refractivity contribution in [1.29, 1.82) is 0 Å². The van der Waals surface area contributed by atoms with Crippen LogP contribution in [0.2, 0.25) is 0 Å². The van der Waals surface area contributed by atoms with Crippen LogP contribution >= 0.6 is 0 Å². The molecule has 2 aromatic rings. The van der Waals surface area contributed by atoms with E-state index in [1.807, 2.05) is 0 Å². The molecule has 2 aromatic heterocycles. The predicted molar refractivity (Wildman–Crippen MR) is 93.5 cm³/mol. The lowest BCUT2D eigenvalue weighted by atomic mass is 9.92. The van der Waals surface area contributed by atoms with Gasteiger partial charge in [-0.2, -0.15) is 0 Å². The van der Waals surface area contributed by atoms with Gasteiger partial charge in [0, 0.05) is 30.7 Å². The van der Waals surface area contributed by atoms with Gasteiger partial charge in [-0.05, 0) is 31.7 Å². The van der Waals surface area contributed by atoms with Gasteiger partial charge in [-0.1, -0.05) is 0 Å². The van der Waals surface area contributed by atoms with Crippen molar-refractivity contribution >= 4 is 5.91 Å². The second kappa shape index (κ2) is 8.46. The molecule has 2 heterocycles. The molecule has 0 atom stereocenters. The topological polar surface area (TPSA) is 95.5 Å². The van der Waals surface area contributed by atoms with Gasteiger partial charge in [0.2, 0.25) is 5.88 Å². The summed E-state index contributed by atoms with van der Waals surface area (Å²) in [6, 6.07) is 3.50. The molecule has 0 unspecified atom stereocenters. The number of carbonyl (C=O) groups is 1. The minimum Gasteiger partial charge on any atom is -0.481 e. The number of aromatic nitrogens is 3. The number of nitrogens with zero attached hydrogens (tertiary/aromatic N) is 3. The lowest BCUT2D eigenvalue weighted by molar-refractivity contribution is 0.0886. The average molecular weight is 358 g/mol. The standard InChI is InChI=1S/C18H22N4O4/c1-24-15-8-3-12(11-21-15)16(23)22-13-4-6-14(7-5-13)26-18-17(25-2)19-9-10-20-18/h3,8-11,13-14H,4-7H2,1-2H3,(H,22,23). The Morgan fingerprint density at radius 1 is 1.00 bits per heavy atom. The molecule has 1 amide bonds. The highest BCUT2D eigenvalue weighted by atomic mass is 16.5. The summed E-state index contributed by atoms with van der Waals surface area (Å²) >= 11 is 0. The zero-order valence-corrected chi connectivity index (χ0v) is 14.8. The van der Waals surface area contributed by atoms with Crippen molar-refractivity contribution in [3.8, 4) is 17.6 Å². The molecular formula is C18H22N4O4. The number of hydrogen-bond acceptors (Lipinski definition) is 7. The molecule has 26 heavy (non-hydrogen) atoms. The Labute approximate surface area is 151 Å². The van der Waals surface area contributed by atoms with Crippen LogP contribution in [0.15, 0.2) is 30.7 Å². The SMILES string of the molecule is COc1ccc(C(=O)NC2CCC(Oc3nccnc3OC)CC2)cn1. The number of hydrogen-bond donors (Lipinski definition) is 1. The largest absolute Gasteiger partial charge is 0.481 e. The second-order valence-electron chi connectivity index (χ2n) is 6.02. The number of carbonyl (C=O) groups excluding carboxylic acids is 1. The van der Waals surface area contributed by atoms with Gasteiger partial charge >= 0.3 is 0 Å². The van der Waals surface area contributed by atoms with Gasteiger partial charge in [-0.25, -0.2) is 15.0 Å². The van der Waals surface area contributed by atoms with Crippen LogP contribution in [0.1, 0.15) is 36.0 Å². The number of rotatable bonds is 6. The number of methoxy groups -OCH3 is 2. The van der Waals surface area contributed by atoms with E-state index in [0.717, 1.165) is 25.7 Å². The van der Waals surface area contributed by atoms with Crippen LogP contribution < -0.4 is 19.5 Å². The average Bonchev–Trinajstić information content (AvgIpc) is 2.70. The molecule has 1 N–H and O–H groups in total. The fourth-order valence-corrected chi connectivity index (χ4v) is 2.92. The quantitative estimate of drug-likeness (QED) is 0.844. The Hall–Kier alpha value is -2.90. The molecule has 0 aliphatic heterocycles. The molecule has 1 aliphatic carbocycles. The number of amides is 1. The van der Waals surface area contributed by atoms with Crippen molar-refractivity contribution in [3.05, 3.63) is 36.3 Å². The number of nitrogens with one attached hydrogen (secondary N) is 1. The molecule has 8 heteroatoms. The van der Waals surface area contributed by atoms with Crippen LogP contribution in [0.5, 0.6) is 17.6 Å². The molecule has 0 aromatic carbocycles. The molecule has 0 spiro atoms. The molecule has 1 saturated carbocycles. The van der Waals surface area contributed by atoms with Gasteiger partial charge in [0.15, 0.2) is 0 Å². The van der Waals surface area contributed by atoms with E-state index >= 15 is 0 Å². The second-order valence-corrected chi connectivity index (χ2v) is 6.02. The van der Waals surface area contributed by atoms with Gasteiger partial charge in [0.1, 0.15) is 6.10 Å². The molecule has 8 nitrogen and oxygen atoms in total. The van der Waals surface area contributed by atoms with E-state index in [2.05, 4.69) is 20.3 Å². The van der Waals surface area contributed by atoms with E-state index in [0.29, 0.717) is 23.2 Å². The summed E-state index contributed by atoms with van der Waals surface area (Å²) < 4.78 is 16.1. The third-order valence-electron chi connectivity index (χ3n) is 4.32. The molecule has 0 radical (unpaired) electrons. The minimum absolute atomic E-state index is 0.0383. The zero-order chi connectivity index (χ0) is 18.4. The van der Waals surface area contributed by atoms with Crippen LogP contribution in [0.3, 0.4) is 0 Å². The predicted octanol–water partition coefficient (Wildman–Crippen LogP) is 2.01. The summed E-state index contributed by atoms with van der Waals surface area (Å²) in [5.41, 5.74) is 0.522. The maximum absolute atomic E-state index is 12.3. The highest BCUT2D eigenvalue weighted by Crippen LogP contribution is 2.27. The van der Waals surface area contributed by atoms with Gasteiger partial charge in [-0.3, -0.25) is 4.79 Å². The maximum Gasteiger partial charge on any atom is 0.278 e. The summed E-state index contributed by atoms with van der Waals surface area (Å²) in [6.45, 7) is 0. The smallest absolute Gasteiger partial charge is 0.278 e. The molecule has 3 rings (SSSR count). The fourth-order valence-electron chi connectivity index (χ4n) is 2.92. The van der Waals surface area contributed by atoms with E-state index in [1.54, 1.807) is 31.6 Å². The van der Waals surface area contributed by atoms with E-state index in [-0.39, 0.29) is 18.1 Å². The van der Waals surface area contributed by atoms with E-state index in [9.17, 15) is 4.79 Å². The van der Waals surface area contributed by atoms with E-state index < -0.39 is 0 Å². The van der Waals surface area contributed by atoms with Crippen LogP contribution in [-0.2, 0) is 0 Å². The number of ether oxygens (including phenoxy) is 3. The summed E-state index contributed by atoms with van der Waals surface area (Å²) in [5, 5.41) is 3.05. The third kappa shape index (κ3) is 4.38. The lowest BCUT2D eigenvalue weighted by Crippen LogP contribution is -2.39. The Morgan fingerprint density at radius 3 is 2.35 bits per heavy atom. The first-order valence-corrected chi connectivity index (χ1v) is 8.52. The van der Waals surface area contributed by atoms with Gasteiger partial charge in [0.25, 0.3) is 17.7 Å². The highest BCUT2D eigenvalue weighted by molar-refractivity contribution is 5.94. The summed E-state index contributed by atoms with van der Waals surface area (Å²) in [4.78, 5) is 24.6. The molecule has 1 fully saturated rings. The first-order chi connectivity index (χ1) is 12.7. The van der Waals surface area contributed by atoms with Crippen molar-refractivity contribution in [3.63, 3.8) is 0 Å². The zero-order valence-electron chi connectivity index (χ0n) is 14.8. The molecule has 1 aliphatic rings. The first kappa shape index (κ1) is 17.9. The Balaban J connectivity index is 1.49. The van der Waals surface area contributed by atoms with Crippen molar-refractivity contribution < 1.29 is 19.0 Å². The summed E-state index contributed by atoms with van der Waals surface area (Å²) in [7, 11) is 3.08. The Morgan fingerprint density at radius 2 is 1.73 bits per heavy atom. The van der Waals surface area contributed by atoms with Crippen molar-refractivity contribution in [1.82, 2.24) is 20.3 Å². The monoisotopic (exact) mass is 358 g/mol. The van der Waals surface area contributed by atoms with Crippen molar-refractivity contribution in [2.24, 2.45) is 0 Å². The van der Waals surface area contributed by atoms with Crippen molar-refractivity contribution in [2.45, 2.75) is 37.8 Å². The van der Waals surface area contributed by atoms with Crippen molar-refractivity contribution in [2.75, 3.05) is 14.2 Å². The maximum atomic E-state index is 12.3. The first-order valence-electron chi connectivity index (χ1n) is 8.52. The van der Waals surface area contributed by atoms with E-state index in [4.69, 9.17) is 14.2 Å². The van der Waals surface area contributed by atoms with Gasteiger partial charge < -0.3 is 19.5 Å². The molecular weight excluding hydrogens is 336 g/mol. The molecule has 0 bridgehead atoms. The summed E-state index contributed by atoms with van der Waals surface area (Å²) in [6.07, 6.45) is 8.01. The van der Waals surface area contributed by atoms with E-state index in [1.165, 1.54) is 13.3 Å². The number of pyridine rings is 1. The Bertz CT molecular complexity index is 730. The fraction of sp³-hybridized carbons (Fsp3) is 0.444. The molecule has 0 saturated heterocycles. The highest BCUT2D eigenvalue weighted by Gasteiger charge is 2.25. The third-order valence-corrected chi connectivity index (χ3v) is 4.32. The minimum atomic E-state index is -0.125.